The largest absolute Gasteiger partial charge is 0.403 e. The molecule has 1 aliphatic heterocycles. The Kier molecular flexibility index (Phi) is 3.27. The molecule has 1 aliphatic rings. The lowest BCUT2D eigenvalue weighted by Crippen LogP contribution is -2.42. The second-order valence-corrected chi connectivity index (χ2v) is 5.16. The maximum atomic E-state index is 5.45. The molecule has 2 heterocycles. The Morgan fingerprint density at radius 2 is 1.74 bits per heavy atom. The van der Waals surface area contributed by atoms with Crippen LogP contribution in [0.5, 0.6) is 0 Å². The van der Waals surface area contributed by atoms with Gasteiger partial charge in [-0.05, 0) is 24.3 Å². The van der Waals surface area contributed by atoms with Crippen molar-refractivity contribution in [2.45, 2.75) is 0 Å². The monoisotopic (exact) mass is 300 g/mol. The first-order valence-corrected chi connectivity index (χ1v) is 7.37. The molecule has 0 amide bonds. The third kappa shape index (κ3) is 2.24. The third-order valence-corrected chi connectivity index (χ3v) is 3.81. The van der Waals surface area contributed by atoms with Crippen molar-refractivity contribution < 1.29 is 0 Å². The molecule has 0 unspecified atom stereocenters. The average molecular weight is 300 g/mol. The number of hydrogen-bond acceptors (Lipinski definition) is 4. The Morgan fingerprint density at radius 3 is 2.57 bits per heavy atom. The van der Waals surface area contributed by atoms with Crippen molar-refractivity contribution in [2.75, 3.05) is 10.1 Å². The van der Waals surface area contributed by atoms with Gasteiger partial charge in [0, 0.05) is 24.8 Å². The number of nitrogens with zero attached hydrogens (tertiary/aromatic N) is 3. The van der Waals surface area contributed by atoms with Crippen LogP contribution >= 0.6 is 0 Å². The normalized spacial score (nSPS) is 12.6. The smallest absolute Gasteiger partial charge is 0.338 e. The third-order valence-electron chi connectivity index (χ3n) is 3.81. The molecule has 0 bridgehead atoms. The van der Waals surface area contributed by atoms with Crippen molar-refractivity contribution in [3.8, 4) is 5.69 Å². The summed E-state index contributed by atoms with van der Waals surface area (Å²) in [5, 5.41) is 3.21. The topological polar surface area (TPSA) is 59.1 Å². The molecule has 0 aliphatic carbocycles. The first-order chi connectivity index (χ1) is 11.4. The highest BCUT2D eigenvalue weighted by Gasteiger charge is 2.26. The van der Waals surface area contributed by atoms with Crippen molar-refractivity contribution in [3.63, 3.8) is 0 Å². The van der Waals surface area contributed by atoms with Gasteiger partial charge in [0.15, 0.2) is 0 Å². The Bertz CT molecular complexity index is 871. The summed E-state index contributed by atoms with van der Waals surface area (Å²) in [7, 11) is 2.04. The predicted octanol–water partition coefficient (Wildman–Crippen LogP) is 2.11. The fourth-order valence-corrected chi connectivity index (χ4v) is 2.81. The molecule has 0 saturated heterocycles. The zero-order chi connectivity index (χ0) is 15.6. The van der Waals surface area contributed by atoms with E-state index in [1.54, 1.807) is 6.20 Å². The Hall–Kier alpha value is -3.15. The summed E-state index contributed by atoms with van der Waals surface area (Å²) in [6.07, 6.45) is 6.99. The number of para-hydroxylation sites is 4. The summed E-state index contributed by atoms with van der Waals surface area (Å²) in [4.78, 5) is 6.58. The Morgan fingerprint density at radius 1 is 1.00 bits per heavy atom. The van der Waals surface area contributed by atoms with Crippen molar-refractivity contribution in [3.05, 3.63) is 73.3 Å². The van der Waals surface area contributed by atoms with Crippen LogP contribution in [0.4, 0.5) is 17.1 Å². The minimum absolute atomic E-state index is 0.896. The van der Waals surface area contributed by atoms with Crippen LogP contribution in [-0.4, -0.2) is 17.0 Å². The molecule has 2 aromatic carbocycles. The number of imidazole rings is 1. The van der Waals surface area contributed by atoms with Gasteiger partial charge >= 0.3 is 7.41 Å². The fraction of sp³-hybridized carbons (Fsp3) is 0. The summed E-state index contributed by atoms with van der Waals surface area (Å²) in [6, 6.07) is 16.4. The molecule has 3 aromatic rings. The molecule has 0 atom stereocenters. The summed E-state index contributed by atoms with van der Waals surface area (Å²) >= 11 is 0. The second kappa shape index (κ2) is 5.57. The number of fused-ring (bicyclic) bond motifs is 3. The zero-order valence-electron chi connectivity index (χ0n) is 12.4. The highest BCUT2D eigenvalue weighted by molar-refractivity contribution is 6.59. The van der Waals surface area contributed by atoms with E-state index in [0.717, 1.165) is 28.5 Å². The van der Waals surface area contributed by atoms with Crippen molar-refractivity contribution in [1.29, 1.82) is 0 Å². The lowest BCUT2D eigenvalue weighted by atomic mass is 9.84. The van der Waals surface area contributed by atoms with E-state index in [1.165, 1.54) is 6.20 Å². The van der Waals surface area contributed by atoms with Crippen LogP contribution in [0, 0.1) is 0 Å². The van der Waals surface area contributed by atoms with Crippen LogP contribution in [0.3, 0.4) is 0 Å². The van der Waals surface area contributed by atoms with Crippen LogP contribution < -0.4 is 21.6 Å². The maximum Gasteiger partial charge on any atom is 0.338 e. The van der Waals surface area contributed by atoms with Crippen LogP contribution in [0.15, 0.2) is 73.3 Å². The Balaban J connectivity index is 1.85. The zero-order valence-corrected chi connectivity index (χ0v) is 12.4. The van der Waals surface area contributed by atoms with Gasteiger partial charge < -0.3 is 20.4 Å². The van der Waals surface area contributed by atoms with Gasteiger partial charge in [0.05, 0.1) is 28.5 Å². The van der Waals surface area contributed by atoms with Crippen LogP contribution in [0.1, 0.15) is 0 Å². The molecular formula is C17H15BN5. The summed E-state index contributed by atoms with van der Waals surface area (Å²) in [5.74, 6) is 0. The number of nitrogens with two attached hydrogens (primary N) is 1. The lowest BCUT2D eigenvalue weighted by Gasteiger charge is -2.32. The molecule has 6 heteroatoms. The SMILES string of the molecule is N/C=C\Nc1ccccc1N1[B]c2nccn2-c2ccccc21. The summed E-state index contributed by atoms with van der Waals surface area (Å²) < 4.78 is 2.08. The molecule has 4 rings (SSSR count). The number of benzene rings is 2. The molecule has 111 valence electrons. The molecule has 5 nitrogen and oxygen atoms in total. The highest BCUT2D eigenvalue weighted by Crippen LogP contribution is 2.36. The number of aromatic nitrogens is 2. The first kappa shape index (κ1) is 13.5. The maximum absolute atomic E-state index is 5.45. The van der Waals surface area contributed by atoms with E-state index in [2.05, 4.69) is 37.9 Å². The van der Waals surface area contributed by atoms with Gasteiger partial charge in [0.2, 0.25) is 0 Å². The second-order valence-electron chi connectivity index (χ2n) is 5.16. The Labute approximate surface area is 135 Å². The minimum atomic E-state index is 0.896. The summed E-state index contributed by atoms with van der Waals surface area (Å²) in [6.45, 7) is 0. The van der Waals surface area contributed by atoms with E-state index < -0.39 is 0 Å². The molecule has 1 aromatic heterocycles. The quantitative estimate of drug-likeness (QED) is 0.727. The van der Waals surface area contributed by atoms with E-state index in [0.29, 0.717) is 0 Å². The molecule has 1 radical (unpaired) electrons. The molecule has 23 heavy (non-hydrogen) atoms. The lowest BCUT2D eigenvalue weighted by molar-refractivity contribution is 1.07. The highest BCUT2D eigenvalue weighted by atomic mass is 15.2. The van der Waals surface area contributed by atoms with Gasteiger partial charge in [0.1, 0.15) is 0 Å². The van der Waals surface area contributed by atoms with Crippen molar-refractivity contribution >= 4 is 30.2 Å². The van der Waals surface area contributed by atoms with Crippen molar-refractivity contribution in [1.82, 2.24) is 9.55 Å². The minimum Gasteiger partial charge on any atom is -0.403 e. The van der Waals surface area contributed by atoms with Gasteiger partial charge in [-0.25, -0.2) is 0 Å². The van der Waals surface area contributed by atoms with E-state index in [1.807, 2.05) is 50.1 Å². The number of nitrogens with one attached hydrogen (secondary N) is 1. The first-order valence-electron chi connectivity index (χ1n) is 7.37. The fourth-order valence-electron chi connectivity index (χ4n) is 2.81. The van der Waals surface area contributed by atoms with E-state index in [-0.39, 0.29) is 0 Å². The van der Waals surface area contributed by atoms with Crippen molar-refractivity contribution in [2.24, 2.45) is 5.73 Å². The number of rotatable bonds is 3. The van der Waals surface area contributed by atoms with Gasteiger partial charge in [-0.2, -0.15) is 0 Å². The molecule has 0 fully saturated rings. The number of anilines is 3. The molecule has 0 spiro atoms. The van der Waals surface area contributed by atoms with E-state index in [4.69, 9.17) is 5.73 Å². The predicted molar refractivity (Wildman–Crippen MR) is 94.5 cm³/mol. The van der Waals surface area contributed by atoms with Crippen LogP contribution in [-0.2, 0) is 0 Å². The average Bonchev–Trinajstić information content (AvgIpc) is 3.08. The van der Waals surface area contributed by atoms with Gasteiger partial charge in [-0.15, -0.1) is 0 Å². The van der Waals surface area contributed by atoms with Gasteiger partial charge in [0.25, 0.3) is 0 Å². The van der Waals surface area contributed by atoms with Crippen LogP contribution in [0.25, 0.3) is 5.69 Å². The molecular weight excluding hydrogens is 285 g/mol. The van der Waals surface area contributed by atoms with Gasteiger partial charge in [-0.3, -0.25) is 4.98 Å². The number of hydrogen-bond donors (Lipinski definition) is 2. The standard InChI is InChI=1S/C17H15BN5/c19-9-10-20-13-5-1-2-6-14(13)23-16-8-4-3-7-15(16)22-12-11-21-17(22)18-23/h1-12,20H,19H2/b10-9-. The van der Waals surface area contributed by atoms with E-state index in [9.17, 15) is 0 Å². The van der Waals surface area contributed by atoms with Gasteiger partial charge in [-0.1, -0.05) is 24.3 Å². The molecule has 3 N–H and O–H groups in total. The van der Waals surface area contributed by atoms with Crippen LogP contribution in [0.2, 0.25) is 0 Å². The summed E-state index contributed by atoms with van der Waals surface area (Å²) in [5.41, 5.74) is 10.6. The van der Waals surface area contributed by atoms with E-state index >= 15 is 0 Å². The molecule has 0 saturated carbocycles.